The molecule has 2 aliphatic heterocycles. The van der Waals surface area contributed by atoms with Crippen LogP contribution in [0.2, 0.25) is 0 Å². The van der Waals surface area contributed by atoms with Gasteiger partial charge in [0, 0.05) is 40.7 Å². The molecule has 0 unspecified atom stereocenters. The van der Waals surface area contributed by atoms with Gasteiger partial charge in [-0.3, -0.25) is 0 Å². The summed E-state index contributed by atoms with van der Waals surface area (Å²) < 4.78 is 26.8. The van der Waals surface area contributed by atoms with Crippen LogP contribution >= 0.6 is 15.9 Å². The molecule has 41 heavy (non-hydrogen) atoms. The molecule has 2 fully saturated rings. The highest BCUT2D eigenvalue weighted by atomic mass is 79.9. The Morgan fingerprint density at radius 2 is 1.95 bits per heavy atom. The van der Waals surface area contributed by atoms with E-state index in [1.54, 1.807) is 14.2 Å². The van der Waals surface area contributed by atoms with Crippen molar-refractivity contribution in [1.29, 1.82) is 0 Å². The van der Waals surface area contributed by atoms with Gasteiger partial charge in [0.2, 0.25) is 11.8 Å². The van der Waals surface area contributed by atoms with E-state index in [4.69, 9.17) is 18.6 Å². The Kier molecular flexibility index (Phi) is 4.63. The van der Waals surface area contributed by atoms with E-state index >= 15 is 0 Å². The second-order valence-corrected chi connectivity index (χ2v) is 12.5. The predicted molar refractivity (Wildman–Crippen MR) is 149 cm³/mol. The van der Waals surface area contributed by atoms with Crippen molar-refractivity contribution in [2.45, 2.75) is 48.3 Å². The zero-order chi connectivity index (χ0) is 27.6. The highest BCUT2D eigenvalue weighted by molar-refractivity contribution is 9.10. The van der Waals surface area contributed by atoms with Crippen LogP contribution in [0.3, 0.4) is 0 Å². The van der Waals surface area contributed by atoms with Crippen molar-refractivity contribution in [2.24, 2.45) is 5.41 Å². The molecule has 10 rings (SSSR count). The van der Waals surface area contributed by atoms with Crippen LogP contribution < -0.4 is 14.4 Å². The van der Waals surface area contributed by atoms with E-state index in [1.807, 2.05) is 30.3 Å². The van der Waals surface area contributed by atoms with Crippen LogP contribution in [-0.4, -0.2) is 69.3 Å². The third-order valence-corrected chi connectivity index (χ3v) is 11.0. The quantitative estimate of drug-likeness (QED) is 0.330. The number of methoxy groups -OCH3 is 2. The largest absolute Gasteiger partial charge is 0.493 e. The number of hydrogen-bond acceptors (Lipinski definition) is 10. The van der Waals surface area contributed by atoms with Gasteiger partial charge in [-0.25, -0.2) is 0 Å². The summed E-state index contributed by atoms with van der Waals surface area (Å²) in [5.41, 5.74) is 1.91. The third kappa shape index (κ3) is 2.71. The number of fused-ring (bicyclic) bond motifs is 1. The zero-order valence-electron chi connectivity index (χ0n) is 22.4. The smallest absolute Gasteiger partial charge is 0.266 e. The van der Waals surface area contributed by atoms with Crippen molar-refractivity contribution in [3.63, 3.8) is 0 Å². The molecule has 1 saturated carbocycles. The van der Waals surface area contributed by atoms with Crippen molar-refractivity contribution in [2.75, 3.05) is 25.7 Å². The first-order valence-electron chi connectivity index (χ1n) is 13.8. The normalized spacial score (nSPS) is 33.5. The Hall–Kier alpha value is -3.77. The monoisotopic (exact) mass is 615 g/mol. The molecule has 4 bridgehead atoms. The van der Waals surface area contributed by atoms with Crippen LogP contribution in [0.1, 0.15) is 35.8 Å². The first-order chi connectivity index (χ1) is 20.0. The number of aromatic amines is 1. The topological polar surface area (TPSA) is 124 Å². The Balaban J connectivity index is 1.25. The van der Waals surface area contributed by atoms with E-state index in [2.05, 4.69) is 69.9 Å². The van der Waals surface area contributed by atoms with Crippen molar-refractivity contribution in [3.8, 4) is 23.0 Å². The highest BCUT2D eigenvalue weighted by Crippen LogP contribution is 2.75. The number of rotatable bonds is 5. The fourth-order valence-electron chi connectivity index (χ4n) is 8.87. The Bertz CT molecular complexity index is 1730. The van der Waals surface area contributed by atoms with Gasteiger partial charge in [-0.15, -0.1) is 15.3 Å². The van der Waals surface area contributed by atoms with Gasteiger partial charge in [-0.1, -0.05) is 39.2 Å². The molecule has 0 radical (unpaired) electrons. The lowest BCUT2D eigenvalue weighted by molar-refractivity contribution is -0.181. The lowest BCUT2D eigenvalue weighted by Crippen LogP contribution is -2.79. The molecule has 2 aromatic heterocycles. The van der Waals surface area contributed by atoms with Gasteiger partial charge in [0.25, 0.3) is 5.95 Å². The predicted octanol–water partition coefficient (Wildman–Crippen LogP) is 3.98. The number of aromatic nitrogens is 6. The molecule has 4 aromatic rings. The summed E-state index contributed by atoms with van der Waals surface area (Å²) in [7, 11) is 3.46. The molecular formula is C29H26BrN7O4. The molecule has 208 valence electrons. The van der Waals surface area contributed by atoms with Gasteiger partial charge in [0.05, 0.1) is 18.4 Å². The summed E-state index contributed by atoms with van der Waals surface area (Å²) in [5, 5.41) is 24.4. The molecule has 0 amide bonds. The Morgan fingerprint density at radius 3 is 2.73 bits per heavy atom. The summed E-state index contributed by atoms with van der Waals surface area (Å²) in [6.45, 7) is 0.772. The van der Waals surface area contributed by atoms with Crippen molar-refractivity contribution in [1.82, 2.24) is 30.8 Å². The van der Waals surface area contributed by atoms with E-state index in [1.165, 1.54) is 11.1 Å². The number of H-pyrrole nitrogens is 1. The summed E-state index contributed by atoms with van der Waals surface area (Å²) in [5.74, 6) is 2.98. The van der Waals surface area contributed by atoms with Crippen LogP contribution in [0.15, 0.2) is 57.4 Å². The van der Waals surface area contributed by atoms with Gasteiger partial charge in [-0.2, -0.15) is 5.21 Å². The molecule has 11 nitrogen and oxygen atoms in total. The fraction of sp³-hybridized carbons (Fsp3) is 0.414. The van der Waals surface area contributed by atoms with E-state index in [9.17, 15) is 0 Å². The second kappa shape index (κ2) is 7.95. The Labute approximate surface area is 243 Å². The van der Waals surface area contributed by atoms with Gasteiger partial charge >= 0.3 is 0 Å². The molecule has 2 spiro atoms. The van der Waals surface area contributed by atoms with Crippen LogP contribution in [0, 0.1) is 5.41 Å². The minimum Gasteiger partial charge on any atom is -0.493 e. The molecule has 12 heteroatoms. The summed E-state index contributed by atoms with van der Waals surface area (Å²) in [4.78, 5) is 2.31. The molecule has 4 heterocycles. The molecule has 4 aliphatic carbocycles. The lowest BCUT2D eigenvalue weighted by atomic mass is 9.37. The summed E-state index contributed by atoms with van der Waals surface area (Å²) in [6, 6.07) is 12.1. The van der Waals surface area contributed by atoms with Gasteiger partial charge in [0.15, 0.2) is 11.5 Å². The molecular weight excluding hydrogens is 590 g/mol. The molecule has 6 atom stereocenters. The number of nitrogens with one attached hydrogen (secondary N) is 1. The SMILES string of the molecule is COc1ccc2c3c1O[C@@H]1[C@@]4(OC)C=C[C@@]5(C[C@H]4c4nnc(-c6ccc(Br)cc6)o4)[C@@H](C2)N(c2nn[nH]n2)CC[C@]315. The molecule has 1 N–H and O–H groups in total. The highest BCUT2D eigenvalue weighted by Gasteiger charge is 2.80. The fourth-order valence-corrected chi connectivity index (χ4v) is 9.13. The second-order valence-electron chi connectivity index (χ2n) is 11.6. The number of anilines is 1. The number of halogens is 1. The number of nitrogens with zero attached hydrogens (tertiary/aromatic N) is 6. The molecule has 1 saturated heterocycles. The maximum absolute atomic E-state index is 7.04. The van der Waals surface area contributed by atoms with Crippen molar-refractivity contribution in [3.05, 3.63) is 70.0 Å². The maximum Gasteiger partial charge on any atom is 0.266 e. The zero-order valence-corrected chi connectivity index (χ0v) is 24.0. The number of hydrogen-bond donors (Lipinski definition) is 1. The van der Waals surface area contributed by atoms with E-state index in [0.29, 0.717) is 17.7 Å². The van der Waals surface area contributed by atoms with Crippen LogP contribution in [0.5, 0.6) is 11.5 Å². The minimum atomic E-state index is -0.817. The summed E-state index contributed by atoms with van der Waals surface area (Å²) in [6.07, 6.45) is 6.66. The van der Waals surface area contributed by atoms with Crippen LogP contribution in [0.4, 0.5) is 5.95 Å². The van der Waals surface area contributed by atoms with Crippen molar-refractivity contribution < 1.29 is 18.6 Å². The average molecular weight is 616 g/mol. The third-order valence-electron chi connectivity index (χ3n) is 10.4. The minimum absolute atomic E-state index is 0.0644. The summed E-state index contributed by atoms with van der Waals surface area (Å²) >= 11 is 3.50. The van der Waals surface area contributed by atoms with Crippen molar-refractivity contribution >= 4 is 21.9 Å². The number of ether oxygens (including phenoxy) is 3. The Morgan fingerprint density at radius 1 is 1.07 bits per heavy atom. The van der Waals surface area contributed by atoms with Gasteiger partial charge in [0.1, 0.15) is 11.7 Å². The van der Waals surface area contributed by atoms with E-state index in [-0.39, 0.29) is 28.9 Å². The average Bonchev–Trinajstić information content (AvgIpc) is 3.77. The standard InChI is InChI=1S/C29H26BrN7O4/c1-38-19-8-5-16-13-20-27-9-10-29(39-2,18(14-27)24-32-31-23(41-24)15-3-6-17(30)7-4-15)25-28(27,21(16)22(19)40-25)11-12-37(20)26-33-35-36-34-26/h3-10,18,20,25H,11-14H2,1-2H3,(H,33,34,35,36)/t18-,20+,25-,27+,28-,29+/m0/s1. The maximum atomic E-state index is 7.04. The van der Waals surface area contributed by atoms with E-state index < -0.39 is 5.60 Å². The van der Waals surface area contributed by atoms with Crippen LogP contribution in [-0.2, 0) is 16.6 Å². The number of piperidine rings is 1. The van der Waals surface area contributed by atoms with Crippen LogP contribution in [0.25, 0.3) is 11.5 Å². The first kappa shape index (κ1) is 23.9. The molecule has 2 aromatic carbocycles. The number of benzene rings is 2. The number of tetrazole rings is 1. The molecule has 6 aliphatic rings. The van der Waals surface area contributed by atoms with Gasteiger partial charge < -0.3 is 23.5 Å². The lowest BCUT2D eigenvalue weighted by Gasteiger charge is -2.70. The van der Waals surface area contributed by atoms with E-state index in [0.717, 1.165) is 47.3 Å². The first-order valence-corrected chi connectivity index (χ1v) is 14.6. The van der Waals surface area contributed by atoms with Gasteiger partial charge in [-0.05, 0) is 60.4 Å².